The predicted molar refractivity (Wildman–Crippen MR) is 158 cm³/mol. The lowest BCUT2D eigenvalue weighted by Crippen LogP contribution is -2.53. The molecule has 0 bridgehead atoms. The molecule has 0 fully saturated rings. The summed E-state index contributed by atoms with van der Waals surface area (Å²) in [5, 5.41) is 3.29. The quantitative estimate of drug-likeness (QED) is 0.295. The average molecular weight is 586 g/mol. The Balaban J connectivity index is 2.06. The zero-order valence-electron chi connectivity index (χ0n) is 23.2. The third-order valence-electron chi connectivity index (χ3n) is 6.58. The molecule has 3 rings (SSSR count). The fourth-order valence-corrected chi connectivity index (χ4v) is 5.82. The Hall–Kier alpha value is -3.56. The molecule has 0 spiro atoms. The fourth-order valence-electron chi connectivity index (χ4n) is 4.21. The molecule has 0 aromatic heterocycles. The minimum atomic E-state index is -4.15. The van der Waals surface area contributed by atoms with Crippen LogP contribution in [-0.2, 0) is 26.2 Å². The minimum absolute atomic E-state index is 0.0312. The highest BCUT2D eigenvalue weighted by molar-refractivity contribution is 7.92. The van der Waals surface area contributed by atoms with Crippen molar-refractivity contribution in [2.75, 3.05) is 18.0 Å². The molecule has 10 heteroatoms. The predicted octanol–water partition coefficient (Wildman–Crippen LogP) is 5.27. The third-order valence-corrected chi connectivity index (χ3v) is 8.60. The largest absolute Gasteiger partial charge is 0.497 e. The number of rotatable bonds is 13. The molecule has 8 nitrogen and oxygen atoms in total. The Bertz CT molecular complexity index is 1400. The van der Waals surface area contributed by atoms with Crippen molar-refractivity contribution in [1.82, 2.24) is 10.2 Å². The lowest BCUT2D eigenvalue weighted by atomic mass is 10.1. The van der Waals surface area contributed by atoms with Crippen LogP contribution in [0.5, 0.6) is 5.75 Å². The average Bonchev–Trinajstić information content (AvgIpc) is 2.96. The first-order valence-corrected chi connectivity index (χ1v) is 15.0. The fraction of sp³-hybridized carbons (Fsp3) is 0.333. The van der Waals surface area contributed by atoms with E-state index in [1.165, 1.54) is 23.1 Å². The maximum Gasteiger partial charge on any atom is 0.264 e. The second-order valence-corrected chi connectivity index (χ2v) is 11.7. The van der Waals surface area contributed by atoms with Gasteiger partial charge >= 0.3 is 0 Å². The number of anilines is 1. The van der Waals surface area contributed by atoms with Crippen LogP contribution in [0.15, 0.2) is 83.8 Å². The molecule has 0 heterocycles. The molecular weight excluding hydrogens is 550 g/mol. The molecule has 0 saturated heterocycles. The molecule has 0 aliphatic heterocycles. The molecule has 0 saturated carbocycles. The van der Waals surface area contributed by atoms with E-state index < -0.39 is 28.5 Å². The molecule has 0 unspecified atom stereocenters. The summed E-state index contributed by atoms with van der Waals surface area (Å²) in [6.07, 6.45) is 1.06. The summed E-state index contributed by atoms with van der Waals surface area (Å²) in [6.45, 7) is 5.22. The van der Waals surface area contributed by atoms with Crippen LogP contribution in [0.4, 0.5) is 5.69 Å². The summed E-state index contributed by atoms with van der Waals surface area (Å²) >= 11 is 6.21. The van der Waals surface area contributed by atoms with Crippen LogP contribution in [0.1, 0.15) is 39.2 Å². The lowest BCUT2D eigenvalue weighted by Gasteiger charge is -2.33. The summed E-state index contributed by atoms with van der Waals surface area (Å²) in [6, 6.07) is 20.5. The van der Waals surface area contributed by atoms with Crippen molar-refractivity contribution >= 4 is 39.1 Å². The Morgan fingerprint density at radius 2 is 1.65 bits per heavy atom. The van der Waals surface area contributed by atoms with Gasteiger partial charge < -0.3 is 15.0 Å². The van der Waals surface area contributed by atoms with Crippen LogP contribution in [0.25, 0.3) is 0 Å². The summed E-state index contributed by atoms with van der Waals surface area (Å²) in [4.78, 5) is 28.9. The first kappa shape index (κ1) is 31.0. The Labute approximate surface area is 241 Å². The number of methoxy groups -OCH3 is 1. The van der Waals surface area contributed by atoms with E-state index in [0.717, 1.165) is 16.3 Å². The van der Waals surface area contributed by atoms with Crippen molar-refractivity contribution < 1.29 is 22.7 Å². The summed E-state index contributed by atoms with van der Waals surface area (Å²) in [5.41, 5.74) is 0.978. The van der Waals surface area contributed by atoms with Gasteiger partial charge in [0.2, 0.25) is 11.8 Å². The van der Waals surface area contributed by atoms with Gasteiger partial charge in [-0.05, 0) is 67.8 Å². The standard InChI is InChI=1S/C30H36ClN3O5S/c1-5-22(3)32-30(36)28(6-2)33(20-23-12-10-15-26(18-23)39-4)29(35)21-34(25-14-11-13-24(31)19-25)40(37,38)27-16-8-7-9-17-27/h7-19,22,28H,5-6,20-21H2,1-4H3,(H,32,36)/t22-,28+/m1/s1. The molecule has 214 valence electrons. The number of carbonyl (C=O) groups is 2. The lowest BCUT2D eigenvalue weighted by molar-refractivity contribution is -0.140. The van der Waals surface area contributed by atoms with Gasteiger partial charge in [-0.3, -0.25) is 13.9 Å². The van der Waals surface area contributed by atoms with E-state index in [2.05, 4.69) is 5.32 Å². The van der Waals surface area contributed by atoms with E-state index >= 15 is 0 Å². The van der Waals surface area contributed by atoms with Crippen molar-refractivity contribution in [2.24, 2.45) is 0 Å². The molecule has 2 atom stereocenters. The maximum atomic E-state index is 14.1. The summed E-state index contributed by atoms with van der Waals surface area (Å²) in [5.74, 6) is -0.226. The zero-order valence-corrected chi connectivity index (χ0v) is 24.8. The first-order chi connectivity index (χ1) is 19.1. The molecular formula is C30H36ClN3O5S. The second kappa shape index (κ2) is 14.2. The van der Waals surface area contributed by atoms with E-state index in [0.29, 0.717) is 17.2 Å². The molecule has 0 aliphatic rings. The van der Waals surface area contributed by atoms with E-state index in [1.54, 1.807) is 61.7 Å². The molecule has 3 aromatic rings. The Kier molecular flexibility index (Phi) is 11.0. The molecule has 3 aromatic carbocycles. The van der Waals surface area contributed by atoms with Crippen molar-refractivity contribution in [3.05, 3.63) is 89.4 Å². The molecule has 2 amide bonds. The van der Waals surface area contributed by atoms with Crippen LogP contribution < -0.4 is 14.4 Å². The molecule has 1 N–H and O–H groups in total. The van der Waals surface area contributed by atoms with Gasteiger partial charge in [-0.15, -0.1) is 0 Å². The van der Waals surface area contributed by atoms with E-state index in [4.69, 9.17) is 16.3 Å². The van der Waals surface area contributed by atoms with Gasteiger partial charge in [-0.1, -0.05) is 61.8 Å². The number of hydrogen-bond acceptors (Lipinski definition) is 5. The van der Waals surface area contributed by atoms with Crippen LogP contribution in [0.3, 0.4) is 0 Å². The van der Waals surface area contributed by atoms with Gasteiger partial charge in [0, 0.05) is 17.6 Å². The van der Waals surface area contributed by atoms with Crippen molar-refractivity contribution in [3.8, 4) is 5.75 Å². The van der Waals surface area contributed by atoms with E-state index in [1.807, 2.05) is 26.8 Å². The van der Waals surface area contributed by atoms with Crippen LogP contribution >= 0.6 is 11.6 Å². The zero-order chi connectivity index (χ0) is 29.3. The normalized spacial score (nSPS) is 12.7. The van der Waals surface area contributed by atoms with Crippen molar-refractivity contribution in [3.63, 3.8) is 0 Å². The number of benzene rings is 3. The third kappa shape index (κ3) is 7.76. The number of amides is 2. The van der Waals surface area contributed by atoms with Gasteiger partial charge in [0.05, 0.1) is 17.7 Å². The second-order valence-electron chi connectivity index (χ2n) is 9.42. The van der Waals surface area contributed by atoms with Crippen molar-refractivity contribution in [2.45, 2.75) is 57.1 Å². The summed E-state index contributed by atoms with van der Waals surface area (Å²) < 4.78 is 34.0. The van der Waals surface area contributed by atoms with Gasteiger partial charge in [0.25, 0.3) is 10.0 Å². The smallest absolute Gasteiger partial charge is 0.264 e. The van der Waals surface area contributed by atoms with Gasteiger partial charge in [-0.25, -0.2) is 8.42 Å². The molecule has 0 aliphatic carbocycles. The molecule has 40 heavy (non-hydrogen) atoms. The van der Waals surface area contributed by atoms with E-state index in [9.17, 15) is 18.0 Å². The highest BCUT2D eigenvalue weighted by Crippen LogP contribution is 2.27. The summed E-state index contributed by atoms with van der Waals surface area (Å²) in [7, 11) is -2.60. The SMILES string of the molecule is CC[C@@H](C)NC(=O)[C@H](CC)N(Cc1cccc(OC)c1)C(=O)CN(c1cccc(Cl)c1)S(=O)(=O)c1ccccc1. The number of carbonyl (C=O) groups excluding carboxylic acids is 2. The van der Waals surface area contributed by atoms with Gasteiger partial charge in [-0.2, -0.15) is 0 Å². The topological polar surface area (TPSA) is 96.0 Å². The maximum absolute atomic E-state index is 14.1. The van der Waals surface area contributed by atoms with Gasteiger partial charge in [0.1, 0.15) is 18.3 Å². The Morgan fingerprint density at radius 1 is 0.950 bits per heavy atom. The molecule has 0 radical (unpaired) electrons. The first-order valence-electron chi connectivity index (χ1n) is 13.2. The number of nitrogens with one attached hydrogen (secondary N) is 1. The highest BCUT2D eigenvalue weighted by Gasteiger charge is 2.34. The van der Waals surface area contributed by atoms with E-state index in [-0.39, 0.29) is 29.1 Å². The number of halogens is 1. The number of ether oxygens (including phenoxy) is 1. The van der Waals surface area contributed by atoms with Crippen LogP contribution in [-0.4, -0.2) is 50.9 Å². The number of hydrogen-bond donors (Lipinski definition) is 1. The monoisotopic (exact) mass is 585 g/mol. The van der Waals surface area contributed by atoms with Crippen LogP contribution in [0, 0.1) is 0 Å². The number of nitrogens with zero attached hydrogens (tertiary/aromatic N) is 2. The highest BCUT2D eigenvalue weighted by atomic mass is 35.5. The van der Waals surface area contributed by atoms with Crippen molar-refractivity contribution in [1.29, 1.82) is 0 Å². The minimum Gasteiger partial charge on any atom is -0.497 e. The van der Waals surface area contributed by atoms with Crippen LogP contribution in [0.2, 0.25) is 5.02 Å². The van der Waals surface area contributed by atoms with Gasteiger partial charge in [0.15, 0.2) is 0 Å². The Morgan fingerprint density at radius 3 is 2.27 bits per heavy atom. The number of sulfonamides is 1.